The van der Waals surface area contributed by atoms with Crippen LogP contribution in [0.3, 0.4) is 0 Å². The van der Waals surface area contributed by atoms with Crippen molar-refractivity contribution in [3.63, 3.8) is 0 Å². The van der Waals surface area contributed by atoms with Gasteiger partial charge in [-0.25, -0.2) is 4.79 Å². The fourth-order valence-corrected chi connectivity index (χ4v) is 5.92. The van der Waals surface area contributed by atoms with E-state index < -0.39 is 64.1 Å². The van der Waals surface area contributed by atoms with Crippen LogP contribution in [0.15, 0.2) is 53.3 Å². The first-order valence-electron chi connectivity index (χ1n) is 11.9. The minimum atomic E-state index is -2.89. The van der Waals surface area contributed by atoms with Gasteiger partial charge in [0.05, 0.1) is 18.2 Å². The Morgan fingerprint density at radius 2 is 1.74 bits per heavy atom. The van der Waals surface area contributed by atoms with E-state index in [0.717, 1.165) is 0 Å². The zero-order valence-corrected chi connectivity index (χ0v) is 20.6. The van der Waals surface area contributed by atoms with Crippen molar-refractivity contribution in [2.75, 3.05) is 12.4 Å². The summed E-state index contributed by atoms with van der Waals surface area (Å²) in [6, 6.07) is 9.64. The van der Waals surface area contributed by atoms with Gasteiger partial charge in [0, 0.05) is 17.7 Å². The van der Waals surface area contributed by atoms with E-state index in [1.807, 2.05) is 0 Å². The number of nitrogens with one attached hydrogen (secondary N) is 1. The van der Waals surface area contributed by atoms with Gasteiger partial charge in [0.25, 0.3) is 5.91 Å². The van der Waals surface area contributed by atoms with Gasteiger partial charge in [0.15, 0.2) is 11.5 Å². The number of amides is 2. The maximum Gasteiger partial charge on any atom is 0.411 e. The fraction of sp³-hybridized carbons (Fsp3) is 0.259. The van der Waals surface area contributed by atoms with Crippen molar-refractivity contribution < 1.29 is 44.3 Å². The second-order valence-corrected chi connectivity index (χ2v) is 9.93. The number of carbonyl (C=O) groups is 4. The molecule has 39 heavy (non-hydrogen) atoms. The highest BCUT2D eigenvalue weighted by Crippen LogP contribution is 2.53. The van der Waals surface area contributed by atoms with Gasteiger partial charge in [-0.15, -0.1) is 0 Å². The third kappa shape index (κ3) is 3.60. The van der Waals surface area contributed by atoms with E-state index in [2.05, 4.69) is 10.1 Å². The third-order valence-electron chi connectivity index (χ3n) is 7.75. The smallest absolute Gasteiger partial charge is 0.411 e. The van der Waals surface area contributed by atoms with Gasteiger partial charge in [-0.3, -0.25) is 19.7 Å². The second kappa shape index (κ2) is 8.68. The van der Waals surface area contributed by atoms with Crippen LogP contribution in [0.2, 0.25) is 0 Å². The minimum Gasteiger partial charge on any atom is -0.508 e. The van der Waals surface area contributed by atoms with Gasteiger partial charge >= 0.3 is 6.09 Å². The normalized spacial score (nSPS) is 26.0. The predicted octanol–water partition coefficient (Wildman–Crippen LogP) is 1.35. The molecule has 3 aliphatic rings. The Morgan fingerprint density at radius 1 is 1.08 bits per heavy atom. The zero-order valence-electron chi connectivity index (χ0n) is 20.6. The molecule has 2 amide bonds. The van der Waals surface area contributed by atoms with Crippen LogP contribution >= 0.6 is 0 Å². The molecule has 12 nitrogen and oxygen atoms in total. The number of phenolic OH excluding ortho intramolecular Hbond substituents is 1. The van der Waals surface area contributed by atoms with Crippen LogP contribution in [0.25, 0.3) is 16.9 Å². The number of rotatable bonds is 3. The molecule has 2 aromatic rings. The number of hydrogen-bond donors (Lipinski definition) is 7. The van der Waals surface area contributed by atoms with Crippen molar-refractivity contribution >= 4 is 35.0 Å². The molecular formula is C27H25N3O9. The van der Waals surface area contributed by atoms with Gasteiger partial charge in [-0.2, -0.15) is 0 Å². The number of aromatic hydroxyl groups is 1. The summed E-state index contributed by atoms with van der Waals surface area (Å²) in [5.74, 6) is -6.42. The average Bonchev–Trinajstić information content (AvgIpc) is 2.86. The number of hydrogen-bond acceptors (Lipinski definition) is 10. The number of ether oxygens (including phenoxy) is 1. The lowest BCUT2D eigenvalue weighted by Gasteiger charge is -2.52. The number of phenols is 1. The number of nitrogens with two attached hydrogens (primary N) is 2. The topological polar surface area (TPSA) is 222 Å². The molecule has 0 saturated heterocycles. The van der Waals surface area contributed by atoms with Crippen LogP contribution < -0.4 is 16.8 Å². The number of Topliss-reactive ketones (excluding diaryl/α,β-unsaturated/α-hetero) is 2. The van der Waals surface area contributed by atoms with Gasteiger partial charge < -0.3 is 36.6 Å². The molecule has 0 radical (unpaired) electrons. The van der Waals surface area contributed by atoms with Crippen molar-refractivity contribution in [3.8, 4) is 16.9 Å². The van der Waals surface area contributed by atoms with E-state index in [4.69, 9.17) is 11.5 Å². The summed E-state index contributed by atoms with van der Waals surface area (Å²) in [6.07, 6.45) is -1.42. The SMILES string of the molecule is COC(=O)Nc1ccc(-c2ccc(O)c3c2C[C@H]2C[C@@]4(N)CC(=O)C(C(N)=O)=C(O)[C@@]4(O)C(=O)C2=C3O)cc1. The summed E-state index contributed by atoms with van der Waals surface area (Å²) < 4.78 is 4.58. The van der Waals surface area contributed by atoms with Crippen LogP contribution in [0.1, 0.15) is 24.0 Å². The summed E-state index contributed by atoms with van der Waals surface area (Å²) in [4.78, 5) is 49.6. The lowest BCUT2D eigenvalue weighted by atomic mass is 9.55. The lowest BCUT2D eigenvalue weighted by Crippen LogP contribution is -2.73. The summed E-state index contributed by atoms with van der Waals surface area (Å²) >= 11 is 0. The molecule has 0 aromatic heterocycles. The van der Waals surface area contributed by atoms with Crippen LogP contribution in [0, 0.1) is 5.92 Å². The monoisotopic (exact) mass is 535 g/mol. The van der Waals surface area contributed by atoms with Crippen molar-refractivity contribution in [1.82, 2.24) is 0 Å². The Hall–Kier alpha value is -4.68. The molecule has 0 bridgehead atoms. The fourth-order valence-electron chi connectivity index (χ4n) is 5.92. The molecule has 0 heterocycles. The number of primary amides is 1. The molecule has 3 atom stereocenters. The number of aliphatic hydroxyl groups is 3. The molecule has 202 valence electrons. The molecule has 0 aliphatic heterocycles. The Morgan fingerprint density at radius 3 is 2.36 bits per heavy atom. The molecule has 12 heteroatoms. The first kappa shape index (κ1) is 25.9. The number of benzene rings is 2. The largest absolute Gasteiger partial charge is 0.508 e. The molecule has 5 rings (SSSR count). The Bertz CT molecular complexity index is 1540. The molecule has 1 saturated carbocycles. The number of methoxy groups -OCH3 is 1. The van der Waals surface area contributed by atoms with Crippen molar-refractivity contribution in [3.05, 3.63) is 64.4 Å². The van der Waals surface area contributed by atoms with Crippen molar-refractivity contribution in [2.45, 2.75) is 30.4 Å². The molecule has 3 aliphatic carbocycles. The van der Waals surface area contributed by atoms with E-state index in [9.17, 15) is 39.6 Å². The van der Waals surface area contributed by atoms with Crippen LogP contribution in [-0.2, 0) is 25.5 Å². The van der Waals surface area contributed by atoms with E-state index in [1.165, 1.54) is 13.2 Å². The molecule has 0 spiro atoms. The summed E-state index contributed by atoms with van der Waals surface area (Å²) in [5, 5.41) is 46.7. The number of fused-ring (bicyclic) bond motifs is 3. The quantitative estimate of drug-likeness (QED) is 0.279. The zero-order chi connectivity index (χ0) is 28.4. The van der Waals surface area contributed by atoms with Crippen LogP contribution in [0.4, 0.5) is 10.5 Å². The van der Waals surface area contributed by atoms with Gasteiger partial charge in [0.2, 0.25) is 11.4 Å². The molecular weight excluding hydrogens is 510 g/mol. The first-order chi connectivity index (χ1) is 18.3. The Balaban J connectivity index is 1.64. The van der Waals surface area contributed by atoms with Gasteiger partial charge in [0.1, 0.15) is 17.1 Å². The van der Waals surface area contributed by atoms with E-state index in [1.54, 1.807) is 30.3 Å². The summed E-state index contributed by atoms with van der Waals surface area (Å²) in [6.45, 7) is 0. The summed E-state index contributed by atoms with van der Waals surface area (Å²) in [5.41, 5.74) is 7.72. The molecule has 2 aromatic carbocycles. The van der Waals surface area contributed by atoms with E-state index in [0.29, 0.717) is 22.4 Å². The molecule has 9 N–H and O–H groups in total. The van der Waals surface area contributed by atoms with Gasteiger partial charge in [-0.1, -0.05) is 18.2 Å². The standard InChI is InChI=1S/C27H25N3O9/c1-39-25(37)30-13-4-2-11(3-5-13)14-6-7-16(31)19-15(14)8-12-9-26(29)10-17(32)20(24(28)36)23(35)27(26,38)22(34)18(12)21(19)33/h2-7,12,31,33,35,38H,8-10,29H2,1H3,(H2,28,36)(H,30,37)/t12-,26+,27-/m0/s1. The second-order valence-electron chi connectivity index (χ2n) is 9.93. The minimum absolute atomic E-state index is 0.0394. The van der Waals surface area contributed by atoms with Crippen molar-refractivity contribution in [1.29, 1.82) is 0 Å². The van der Waals surface area contributed by atoms with E-state index in [-0.39, 0.29) is 29.7 Å². The maximum atomic E-state index is 13.7. The lowest BCUT2D eigenvalue weighted by molar-refractivity contribution is -0.150. The average molecular weight is 536 g/mol. The number of ketones is 2. The van der Waals surface area contributed by atoms with E-state index >= 15 is 0 Å². The number of anilines is 1. The maximum absolute atomic E-state index is 13.7. The molecule has 0 unspecified atom stereocenters. The number of carbonyl (C=O) groups excluding carboxylic acids is 4. The van der Waals surface area contributed by atoms with Crippen LogP contribution in [-0.4, -0.2) is 62.2 Å². The Kier molecular flexibility index (Phi) is 5.78. The highest BCUT2D eigenvalue weighted by atomic mass is 16.5. The first-order valence-corrected chi connectivity index (χ1v) is 11.9. The van der Waals surface area contributed by atoms with Crippen LogP contribution in [0.5, 0.6) is 5.75 Å². The highest BCUT2D eigenvalue weighted by molar-refractivity contribution is 6.23. The third-order valence-corrected chi connectivity index (χ3v) is 7.75. The Labute approximate surface area is 221 Å². The number of aliphatic hydroxyl groups excluding tert-OH is 2. The predicted molar refractivity (Wildman–Crippen MR) is 136 cm³/mol. The molecule has 1 fully saturated rings. The van der Waals surface area contributed by atoms with Crippen molar-refractivity contribution in [2.24, 2.45) is 17.4 Å². The van der Waals surface area contributed by atoms with Gasteiger partial charge in [-0.05, 0) is 53.6 Å². The highest BCUT2D eigenvalue weighted by Gasteiger charge is 2.67. The summed E-state index contributed by atoms with van der Waals surface area (Å²) in [7, 11) is 1.24.